The fraction of sp³-hybridized carbons (Fsp3) is 0.214. The Labute approximate surface area is 116 Å². The number of nitrogens with one attached hydrogen (secondary N) is 1. The molecule has 0 bridgehead atoms. The molecule has 2 heterocycles. The number of aromatic nitrogens is 1. The van der Waals surface area contributed by atoms with E-state index in [1.807, 2.05) is 18.2 Å². The van der Waals surface area contributed by atoms with Crippen molar-refractivity contribution in [2.75, 3.05) is 19.6 Å². The van der Waals surface area contributed by atoms with Gasteiger partial charge in [0.2, 0.25) is 6.79 Å². The summed E-state index contributed by atoms with van der Waals surface area (Å²) in [5, 5.41) is 0. The van der Waals surface area contributed by atoms with Crippen LogP contribution >= 0.6 is 0 Å². The second-order valence-electron chi connectivity index (χ2n) is 4.70. The largest absolute Gasteiger partial charge is 0.454 e. The normalized spacial score (nSPS) is 12.4. The van der Waals surface area contributed by atoms with Gasteiger partial charge >= 0.3 is 0 Å². The van der Waals surface area contributed by atoms with Gasteiger partial charge in [-0.1, -0.05) is 6.07 Å². The number of nitrogens with zero attached hydrogens (tertiary/aromatic N) is 1. The first-order valence-corrected chi connectivity index (χ1v) is 6.21. The summed E-state index contributed by atoms with van der Waals surface area (Å²) in [6.45, 7) is 0.726. The van der Waals surface area contributed by atoms with Gasteiger partial charge < -0.3 is 25.1 Å². The number of H-pyrrole nitrogens is 1. The Balaban J connectivity index is 1.72. The second-order valence-corrected chi connectivity index (χ2v) is 4.70. The number of nitrogens with two attached hydrogens (primary N) is 1. The van der Waals surface area contributed by atoms with Gasteiger partial charge in [0.1, 0.15) is 5.69 Å². The number of benzene rings is 1. The number of hydrogen-bond donors (Lipinski definition) is 2. The number of rotatable bonds is 3. The van der Waals surface area contributed by atoms with Gasteiger partial charge in [0.05, 0.1) is 0 Å². The summed E-state index contributed by atoms with van der Waals surface area (Å²) in [6, 6.07) is 7.27. The Morgan fingerprint density at radius 1 is 1.35 bits per heavy atom. The molecule has 2 aromatic rings. The number of nitrogen functional groups attached to an aromatic ring is 1. The zero-order chi connectivity index (χ0) is 14.1. The molecule has 0 spiro atoms. The van der Waals surface area contributed by atoms with E-state index in [2.05, 4.69) is 4.98 Å². The summed E-state index contributed by atoms with van der Waals surface area (Å²) in [6.07, 6.45) is 1.60. The maximum atomic E-state index is 12.2. The van der Waals surface area contributed by atoms with Crippen molar-refractivity contribution >= 4 is 11.6 Å². The first-order valence-electron chi connectivity index (χ1n) is 6.21. The molecule has 0 radical (unpaired) electrons. The molecule has 6 heteroatoms. The average Bonchev–Trinajstić information content (AvgIpc) is 3.05. The summed E-state index contributed by atoms with van der Waals surface area (Å²) < 4.78 is 10.6. The van der Waals surface area contributed by atoms with Crippen LogP contribution in [0.1, 0.15) is 16.1 Å². The molecule has 0 saturated heterocycles. The molecule has 1 aliphatic rings. The van der Waals surface area contributed by atoms with Crippen molar-refractivity contribution in [2.24, 2.45) is 0 Å². The van der Waals surface area contributed by atoms with Crippen molar-refractivity contribution < 1.29 is 14.3 Å². The van der Waals surface area contributed by atoms with Gasteiger partial charge in [-0.25, -0.2) is 0 Å². The molecule has 6 nitrogen and oxygen atoms in total. The van der Waals surface area contributed by atoms with Crippen LogP contribution in [0, 0.1) is 0 Å². The Kier molecular flexibility index (Phi) is 2.98. The minimum absolute atomic E-state index is 0.112. The lowest BCUT2D eigenvalue weighted by Gasteiger charge is -2.16. The molecule has 3 N–H and O–H groups in total. The van der Waals surface area contributed by atoms with Gasteiger partial charge in [0.25, 0.3) is 5.91 Å². The zero-order valence-corrected chi connectivity index (χ0v) is 11.1. The molecule has 1 aromatic heterocycles. The summed E-state index contributed by atoms with van der Waals surface area (Å²) in [4.78, 5) is 16.6. The lowest BCUT2D eigenvalue weighted by Crippen LogP contribution is -2.26. The molecule has 1 aliphatic heterocycles. The van der Waals surface area contributed by atoms with Crippen molar-refractivity contribution in [3.63, 3.8) is 0 Å². The second kappa shape index (κ2) is 4.80. The van der Waals surface area contributed by atoms with Gasteiger partial charge in [0, 0.05) is 25.5 Å². The highest BCUT2D eigenvalue weighted by Gasteiger charge is 2.17. The molecule has 1 aromatic carbocycles. The fourth-order valence-corrected chi connectivity index (χ4v) is 2.13. The molecular weight excluding hydrogens is 258 g/mol. The predicted molar refractivity (Wildman–Crippen MR) is 73.6 cm³/mol. The number of carbonyl (C=O) groups is 1. The number of ether oxygens (including phenoxy) is 2. The summed E-state index contributed by atoms with van der Waals surface area (Å²) in [5.74, 6) is 1.34. The van der Waals surface area contributed by atoms with Gasteiger partial charge in [0.15, 0.2) is 11.5 Å². The first-order chi connectivity index (χ1) is 9.63. The molecule has 0 unspecified atom stereocenters. The van der Waals surface area contributed by atoms with E-state index in [9.17, 15) is 4.79 Å². The van der Waals surface area contributed by atoms with Gasteiger partial charge in [-0.05, 0) is 23.8 Å². The van der Waals surface area contributed by atoms with Crippen molar-refractivity contribution in [1.82, 2.24) is 9.88 Å². The number of aromatic amines is 1. The maximum Gasteiger partial charge on any atom is 0.270 e. The van der Waals surface area contributed by atoms with Gasteiger partial charge in [-0.15, -0.1) is 0 Å². The number of anilines is 1. The quantitative estimate of drug-likeness (QED) is 0.890. The van der Waals surface area contributed by atoms with Crippen LogP contribution in [0.25, 0.3) is 0 Å². The molecule has 3 rings (SSSR count). The standard InChI is InChI=1S/C14H15N3O3/c1-17(14(18)11-5-10(15)6-16-11)7-9-2-3-12-13(4-9)20-8-19-12/h2-6,16H,7-8,15H2,1H3. The molecule has 104 valence electrons. The minimum atomic E-state index is -0.112. The Hall–Kier alpha value is -2.63. The number of amides is 1. The van der Waals surface area contributed by atoms with Gasteiger partial charge in [-0.2, -0.15) is 0 Å². The monoisotopic (exact) mass is 273 g/mol. The lowest BCUT2D eigenvalue weighted by atomic mass is 10.2. The van der Waals surface area contributed by atoms with E-state index < -0.39 is 0 Å². The van der Waals surface area contributed by atoms with Crippen molar-refractivity contribution in [3.05, 3.63) is 41.7 Å². The smallest absolute Gasteiger partial charge is 0.270 e. The van der Waals surface area contributed by atoms with E-state index in [4.69, 9.17) is 15.2 Å². The van der Waals surface area contributed by atoms with Gasteiger partial charge in [-0.3, -0.25) is 4.79 Å². The van der Waals surface area contributed by atoms with Crippen LogP contribution in [-0.4, -0.2) is 29.6 Å². The summed E-state index contributed by atoms with van der Waals surface area (Å²) >= 11 is 0. The van der Waals surface area contributed by atoms with Crippen LogP contribution in [0.4, 0.5) is 5.69 Å². The SMILES string of the molecule is CN(Cc1ccc2c(c1)OCO2)C(=O)c1cc(N)c[nH]1. The molecule has 20 heavy (non-hydrogen) atoms. The van der Waals surface area contributed by atoms with Crippen LogP contribution in [0.2, 0.25) is 0 Å². The minimum Gasteiger partial charge on any atom is -0.454 e. The van der Waals surface area contributed by atoms with Crippen LogP contribution in [0.5, 0.6) is 11.5 Å². The van der Waals surface area contributed by atoms with Crippen LogP contribution in [-0.2, 0) is 6.54 Å². The molecule has 0 saturated carbocycles. The summed E-state index contributed by atoms with van der Waals surface area (Å²) in [7, 11) is 1.74. The Bertz CT molecular complexity index is 651. The molecular formula is C14H15N3O3. The van der Waals surface area contributed by atoms with E-state index in [1.54, 1.807) is 24.2 Å². The van der Waals surface area contributed by atoms with E-state index in [0.29, 0.717) is 23.7 Å². The van der Waals surface area contributed by atoms with Crippen LogP contribution < -0.4 is 15.2 Å². The zero-order valence-electron chi connectivity index (χ0n) is 11.1. The molecule has 0 fully saturated rings. The predicted octanol–water partition coefficient (Wildman–Crippen LogP) is 1.60. The highest BCUT2D eigenvalue weighted by atomic mass is 16.7. The number of fused-ring (bicyclic) bond motifs is 1. The fourth-order valence-electron chi connectivity index (χ4n) is 2.13. The topological polar surface area (TPSA) is 80.6 Å². The van der Waals surface area contributed by atoms with E-state index in [1.165, 1.54) is 0 Å². The van der Waals surface area contributed by atoms with Crippen molar-refractivity contribution in [2.45, 2.75) is 6.54 Å². The lowest BCUT2D eigenvalue weighted by molar-refractivity contribution is 0.0780. The third-order valence-corrected chi connectivity index (χ3v) is 3.14. The van der Waals surface area contributed by atoms with Crippen LogP contribution in [0.15, 0.2) is 30.5 Å². The van der Waals surface area contributed by atoms with E-state index in [-0.39, 0.29) is 12.7 Å². The van der Waals surface area contributed by atoms with Crippen LogP contribution in [0.3, 0.4) is 0 Å². The highest BCUT2D eigenvalue weighted by molar-refractivity contribution is 5.93. The highest BCUT2D eigenvalue weighted by Crippen LogP contribution is 2.32. The molecule has 0 aliphatic carbocycles. The molecule has 1 amide bonds. The number of carbonyl (C=O) groups excluding carboxylic acids is 1. The Morgan fingerprint density at radius 3 is 2.90 bits per heavy atom. The molecule has 0 atom stereocenters. The van der Waals surface area contributed by atoms with Crippen molar-refractivity contribution in [3.8, 4) is 11.5 Å². The van der Waals surface area contributed by atoms with Crippen molar-refractivity contribution in [1.29, 1.82) is 0 Å². The average molecular weight is 273 g/mol. The summed E-state index contributed by atoms with van der Waals surface area (Å²) in [5.41, 5.74) is 7.60. The number of hydrogen-bond acceptors (Lipinski definition) is 4. The Morgan fingerprint density at radius 2 is 2.15 bits per heavy atom. The third kappa shape index (κ3) is 2.27. The van der Waals surface area contributed by atoms with E-state index in [0.717, 1.165) is 11.3 Å². The third-order valence-electron chi connectivity index (χ3n) is 3.14. The van der Waals surface area contributed by atoms with E-state index >= 15 is 0 Å². The maximum absolute atomic E-state index is 12.2. The first kappa shape index (κ1) is 12.4.